The number of hydrogen-bond acceptors (Lipinski definition) is 4. The summed E-state index contributed by atoms with van der Waals surface area (Å²) in [6, 6.07) is 6.55. The Bertz CT molecular complexity index is 894. The lowest BCUT2D eigenvalue weighted by Gasteiger charge is -2.38. The smallest absolute Gasteiger partial charge is 0.252 e. The highest BCUT2D eigenvalue weighted by molar-refractivity contribution is 5.73. The van der Waals surface area contributed by atoms with Gasteiger partial charge in [0.1, 0.15) is 6.33 Å². The summed E-state index contributed by atoms with van der Waals surface area (Å²) in [5.41, 5.74) is 6.17. The Labute approximate surface area is 135 Å². The molecule has 1 aliphatic heterocycles. The summed E-state index contributed by atoms with van der Waals surface area (Å²) in [6.07, 6.45) is 4.47. The predicted octanol–water partition coefficient (Wildman–Crippen LogP) is 3.80. The van der Waals surface area contributed by atoms with Crippen molar-refractivity contribution in [2.45, 2.75) is 45.6 Å². The Balaban J connectivity index is 1.93. The largest absolute Gasteiger partial charge is 0.380 e. The number of hydrogen-bond donors (Lipinski definition) is 1. The van der Waals surface area contributed by atoms with E-state index >= 15 is 0 Å². The van der Waals surface area contributed by atoms with Crippen LogP contribution >= 0.6 is 0 Å². The molecule has 4 rings (SSSR count). The van der Waals surface area contributed by atoms with Gasteiger partial charge in [-0.2, -0.15) is 14.6 Å². The number of fused-ring (bicyclic) bond motifs is 2. The second-order valence-electron chi connectivity index (χ2n) is 7.17. The summed E-state index contributed by atoms with van der Waals surface area (Å²) in [5, 5.41) is 8.00. The van der Waals surface area contributed by atoms with Gasteiger partial charge in [0.2, 0.25) is 0 Å². The van der Waals surface area contributed by atoms with E-state index < -0.39 is 0 Å². The molecule has 0 aliphatic carbocycles. The molecule has 0 saturated heterocycles. The van der Waals surface area contributed by atoms with Gasteiger partial charge in [-0.3, -0.25) is 0 Å². The molecule has 0 amide bonds. The summed E-state index contributed by atoms with van der Waals surface area (Å²) in [4.78, 5) is 8.44. The molecule has 1 aromatic carbocycles. The number of rotatable bonds is 1. The molecule has 0 radical (unpaired) electrons. The van der Waals surface area contributed by atoms with E-state index in [1.807, 2.05) is 6.07 Å². The van der Waals surface area contributed by atoms with Crippen LogP contribution in [0.3, 0.4) is 0 Å². The van der Waals surface area contributed by atoms with Gasteiger partial charge in [0.25, 0.3) is 5.78 Å². The molecule has 3 heterocycles. The number of nitrogens with one attached hydrogen (secondary N) is 1. The van der Waals surface area contributed by atoms with Gasteiger partial charge < -0.3 is 5.32 Å². The summed E-state index contributed by atoms with van der Waals surface area (Å²) in [6.45, 7) is 8.98. The number of aromatic nitrogens is 4. The quantitative estimate of drug-likeness (QED) is 0.743. The van der Waals surface area contributed by atoms with Crippen LogP contribution in [0.1, 0.15) is 44.2 Å². The molecule has 118 valence electrons. The van der Waals surface area contributed by atoms with E-state index in [4.69, 9.17) is 0 Å². The van der Waals surface area contributed by atoms with Crippen molar-refractivity contribution in [2.24, 2.45) is 0 Å². The van der Waals surface area contributed by atoms with Gasteiger partial charge in [-0.25, -0.2) is 4.98 Å². The van der Waals surface area contributed by atoms with Crippen LogP contribution < -0.4 is 5.32 Å². The standard InChI is InChI=1S/C18H21N5/c1-11-7-13-12(2)9-18(3,4)22-15(13)8-14(11)16-5-6-19-17-20-10-21-23(16)17/h5-8,10,12,22H,9H2,1-4H3. The SMILES string of the molecule is Cc1cc2c(cc1-c1ccnc3ncnn13)NC(C)(C)CC2C. The fraction of sp³-hybridized carbons (Fsp3) is 0.389. The lowest BCUT2D eigenvalue weighted by Crippen LogP contribution is -2.36. The zero-order chi connectivity index (χ0) is 16.2. The number of aryl methyl sites for hydroxylation is 1. The molecule has 1 aliphatic rings. The second-order valence-corrected chi connectivity index (χ2v) is 7.17. The third-order valence-electron chi connectivity index (χ3n) is 4.67. The highest BCUT2D eigenvalue weighted by Crippen LogP contribution is 2.41. The maximum atomic E-state index is 4.31. The molecule has 1 atom stereocenters. The molecule has 0 spiro atoms. The van der Waals surface area contributed by atoms with Crippen LogP contribution in [-0.4, -0.2) is 25.1 Å². The molecule has 0 fully saturated rings. The lowest BCUT2D eigenvalue weighted by molar-refractivity contribution is 0.454. The zero-order valence-electron chi connectivity index (χ0n) is 14.0. The highest BCUT2D eigenvalue weighted by atomic mass is 15.3. The van der Waals surface area contributed by atoms with E-state index in [-0.39, 0.29) is 5.54 Å². The molecule has 3 aromatic rings. The minimum Gasteiger partial charge on any atom is -0.380 e. The van der Waals surface area contributed by atoms with Gasteiger partial charge in [-0.1, -0.05) is 13.0 Å². The Hall–Kier alpha value is -2.43. The molecule has 5 nitrogen and oxygen atoms in total. The molecule has 1 unspecified atom stereocenters. The number of nitrogens with zero attached hydrogens (tertiary/aromatic N) is 4. The van der Waals surface area contributed by atoms with Gasteiger partial charge in [0.05, 0.1) is 5.69 Å². The first-order chi connectivity index (χ1) is 10.9. The molecular weight excluding hydrogens is 286 g/mol. The van der Waals surface area contributed by atoms with E-state index in [1.165, 1.54) is 22.4 Å². The van der Waals surface area contributed by atoms with Gasteiger partial charge in [0, 0.05) is 23.0 Å². The minimum atomic E-state index is 0.111. The van der Waals surface area contributed by atoms with E-state index in [0.29, 0.717) is 11.7 Å². The van der Waals surface area contributed by atoms with Gasteiger partial charge in [0.15, 0.2) is 0 Å². The molecule has 2 aromatic heterocycles. The average molecular weight is 307 g/mol. The number of benzene rings is 1. The molecule has 1 N–H and O–H groups in total. The van der Waals surface area contributed by atoms with Crippen molar-refractivity contribution in [3.8, 4) is 11.3 Å². The van der Waals surface area contributed by atoms with Crippen molar-refractivity contribution in [3.63, 3.8) is 0 Å². The molecular formula is C18H21N5. The van der Waals surface area contributed by atoms with E-state index in [9.17, 15) is 0 Å². The summed E-state index contributed by atoms with van der Waals surface area (Å²) in [5.74, 6) is 1.18. The van der Waals surface area contributed by atoms with Gasteiger partial charge >= 0.3 is 0 Å². The Morgan fingerprint density at radius 1 is 1.26 bits per heavy atom. The van der Waals surface area contributed by atoms with Crippen LogP contribution in [0.5, 0.6) is 0 Å². The second kappa shape index (κ2) is 4.78. The van der Waals surface area contributed by atoms with Crippen LogP contribution in [0.15, 0.2) is 30.7 Å². The first-order valence-electron chi connectivity index (χ1n) is 8.02. The van der Waals surface area contributed by atoms with Crippen molar-refractivity contribution in [1.82, 2.24) is 19.6 Å². The highest BCUT2D eigenvalue weighted by Gasteiger charge is 2.30. The van der Waals surface area contributed by atoms with E-state index in [2.05, 4.69) is 60.2 Å². The monoisotopic (exact) mass is 307 g/mol. The first kappa shape index (κ1) is 14.2. The fourth-order valence-corrected chi connectivity index (χ4v) is 3.76. The van der Waals surface area contributed by atoms with Crippen LogP contribution in [0.2, 0.25) is 0 Å². The minimum absolute atomic E-state index is 0.111. The molecule has 0 bridgehead atoms. The summed E-state index contributed by atoms with van der Waals surface area (Å²) < 4.78 is 1.80. The fourth-order valence-electron chi connectivity index (χ4n) is 3.76. The molecule has 5 heteroatoms. The van der Waals surface area contributed by atoms with E-state index in [0.717, 1.165) is 12.1 Å². The van der Waals surface area contributed by atoms with Gasteiger partial charge in [-0.05, 0) is 56.4 Å². The molecule has 0 saturated carbocycles. The predicted molar refractivity (Wildman–Crippen MR) is 91.7 cm³/mol. The van der Waals surface area contributed by atoms with Crippen molar-refractivity contribution >= 4 is 11.5 Å². The van der Waals surface area contributed by atoms with Crippen LogP contribution in [0.25, 0.3) is 17.0 Å². The Morgan fingerprint density at radius 3 is 2.91 bits per heavy atom. The normalized spacial score (nSPS) is 19.4. The summed E-state index contributed by atoms with van der Waals surface area (Å²) >= 11 is 0. The Kier molecular flexibility index (Phi) is 2.95. The third kappa shape index (κ3) is 2.27. The van der Waals surface area contributed by atoms with Crippen LogP contribution in [-0.2, 0) is 0 Å². The van der Waals surface area contributed by atoms with Crippen molar-refractivity contribution in [1.29, 1.82) is 0 Å². The van der Waals surface area contributed by atoms with Crippen molar-refractivity contribution in [2.75, 3.05) is 5.32 Å². The van der Waals surface area contributed by atoms with E-state index in [1.54, 1.807) is 17.0 Å². The number of anilines is 1. The lowest BCUT2D eigenvalue weighted by atomic mass is 9.80. The molecule has 23 heavy (non-hydrogen) atoms. The van der Waals surface area contributed by atoms with Crippen molar-refractivity contribution < 1.29 is 0 Å². The Morgan fingerprint density at radius 2 is 2.09 bits per heavy atom. The first-order valence-corrected chi connectivity index (χ1v) is 8.02. The van der Waals surface area contributed by atoms with Crippen LogP contribution in [0.4, 0.5) is 5.69 Å². The maximum Gasteiger partial charge on any atom is 0.252 e. The third-order valence-corrected chi connectivity index (χ3v) is 4.67. The topological polar surface area (TPSA) is 55.1 Å². The maximum absolute atomic E-state index is 4.31. The zero-order valence-corrected chi connectivity index (χ0v) is 14.0. The van der Waals surface area contributed by atoms with Crippen molar-refractivity contribution in [3.05, 3.63) is 41.9 Å². The van der Waals surface area contributed by atoms with Crippen LogP contribution in [0, 0.1) is 6.92 Å². The van der Waals surface area contributed by atoms with Gasteiger partial charge in [-0.15, -0.1) is 0 Å². The summed E-state index contributed by atoms with van der Waals surface area (Å²) in [7, 11) is 0. The average Bonchev–Trinajstić information content (AvgIpc) is 2.95.